The Kier molecular flexibility index (Phi) is 7.17. The summed E-state index contributed by atoms with van der Waals surface area (Å²) in [5.41, 5.74) is 2.28. The van der Waals surface area contributed by atoms with Gasteiger partial charge < -0.3 is 5.32 Å². The zero-order valence-corrected chi connectivity index (χ0v) is 19.8. The summed E-state index contributed by atoms with van der Waals surface area (Å²) in [5.74, 6) is -0.558. The van der Waals surface area contributed by atoms with E-state index in [9.17, 15) is 13.2 Å². The van der Waals surface area contributed by atoms with Gasteiger partial charge in [0.2, 0.25) is 5.91 Å². The molecule has 0 radical (unpaired) electrons. The van der Waals surface area contributed by atoms with Crippen LogP contribution in [0.25, 0.3) is 0 Å². The Morgan fingerprint density at radius 3 is 2.32 bits per heavy atom. The van der Waals surface area contributed by atoms with E-state index in [1.165, 1.54) is 18.2 Å². The molecule has 0 aromatic heterocycles. The predicted molar refractivity (Wildman–Crippen MR) is 127 cm³/mol. The third kappa shape index (κ3) is 5.33. The van der Waals surface area contributed by atoms with Crippen LogP contribution in [0.3, 0.4) is 0 Å². The minimum Gasteiger partial charge on any atom is -0.324 e. The van der Waals surface area contributed by atoms with Gasteiger partial charge in [0.05, 0.1) is 20.6 Å². The normalized spacial score (nSPS) is 11.3. The molecule has 0 aliphatic heterocycles. The highest BCUT2D eigenvalue weighted by Crippen LogP contribution is 2.35. The molecule has 0 saturated heterocycles. The first kappa shape index (κ1) is 23.4. The van der Waals surface area contributed by atoms with Crippen LogP contribution >= 0.6 is 34.8 Å². The van der Waals surface area contributed by atoms with Gasteiger partial charge in [0.1, 0.15) is 6.54 Å². The number of carbonyl (C=O) groups excluding carboxylic acids is 1. The molecule has 1 amide bonds. The van der Waals surface area contributed by atoms with Gasteiger partial charge in [-0.25, -0.2) is 8.42 Å². The summed E-state index contributed by atoms with van der Waals surface area (Å²) < 4.78 is 27.8. The molecule has 0 unspecified atom stereocenters. The van der Waals surface area contributed by atoms with Crippen LogP contribution in [0.4, 0.5) is 11.4 Å². The molecular weight excluding hydrogens is 479 g/mol. The summed E-state index contributed by atoms with van der Waals surface area (Å²) >= 11 is 18.4. The fraction of sp³-hybridized carbons (Fsp3) is 0.136. The summed E-state index contributed by atoms with van der Waals surface area (Å²) in [7, 11) is -4.11. The van der Waals surface area contributed by atoms with Crippen LogP contribution in [0.5, 0.6) is 0 Å². The summed E-state index contributed by atoms with van der Waals surface area (Å²) in [4.78, 5) is 12.9. The van der Waals surface area contributed by atoms with Crippen LogP contribution in [0, 0.1) is 13.8 Å². The van der Waals surface area contributed by atoms with Crippen molar-refractivity contribution in [2.24, 2.45) is 0 Å². The molecule has 0 saturated carbocycles. The van der Waals surface area contributed by atoms with E-state index in [2.05, 4.69) is 5.32 Å². The summed E-state index contributed by atoms with van der Waals surface area (Å²) in [6, 6.07) is 16.0. The lowest BCUT2D eigenvalue weighted by molar-refractivity contribution is -0.114. The van der Waals surface area contributed by atoms with Crippen LogP contribution in [-0.4, -0.2) is 20.9 Å². The van der Waals surface area contributed by atoms with Crippen molar-refractivity contribution in [1.29, 1.82) is 0 Å². The molecule has 3 aromatic rings. The molecule has 31 heavy (non-hydrogen) atoms. The number of aryl methyl sites for hydroxylation is 2. The topological polar surface area (TPSA) is 66.5 Å². The molecule has 0 aliphatic rings. The second-order valence-corrected chi connectivity index (χ2v) is 9.99. The van der Waals surface area contributed by atoms with E-state index in [4.69, 9.17) is 34.8 Å². The van der Waals surface area contributed by atoms with Gasteiger partial charge in [-0.05, 0) is 55.8 Å². The molecule has 9 heteroatoms. The number of hydrogen-bond donors (Lipinski definition) is 1. The Labute approximate surface area is 196 Å². The number of sulfonamides is 1. The first-order valence-electron chi connectivity index (χ1n) is 9.19. The molecule has 3 rings (SSSR count). The van der Waals surface area contributed by atoms with Crippen molar-refractivity contribution < 1.29 is 13.2 Å². The van der Waals surface area contributed by atoms with Gasteiger partial charge in [-0.1, -0.05) is 64.6 Å². The lowest BCUT2D eigenvalue weighted by Crippen LogP contribution is -2.38. The van der Waals surface area contributed by atoms with E-state index in [-0.39, 0.29) is 20.6 Å². The molecule has 5 nitrogen and oxygen atoms in total. The highest BCUT2D eigenvalue weighted by atomic mass is 35.5. The lowest BCUT2D eigenvalue weighted by Gasteiger charge is -2.25. The Bertz CT molecular complexity index is 1230. The molecule has 1 N–H and O–H groups in total. The molecule has 162 valence electrons. The number of nitrogens with zero attached hydrogens (tertiary/aromatic N) is 1. The quantitative estimate of drug-likeness (QED) is 0.447. The number of carbonyl (C=O) groups is 1. The van der Waals surface area contributed by atoms with E-state index >= 15 is 0 Å². The summed E-state index contributed by atoms with van der Waals surface area (Å²) in [6.07, 6.45) is 0. The third-order valence-corrected chi connectivity index (χ3v) is 7.39. The average molecular weight is 498 g/mol. The number of anilines is 2. The molecule has 0 heterocycles. The zero-order valence-electron chi connectivity index (χ0n) is 16.7. The SMILES string of the molecule is Cc1ccc(S(=O)(=O)N(CC(=O)Nc2cc(Cl)ccc2C)c2cccc(Cl)c2Cl)cc1. The summed E-state index contributed by atoms with van der Waals surface area (Å²) in [5, 5.41) is 3.37. The highest BCUT2D eigenvalue weighted by Gasteiger charge is 2.29. The Balaban J connectivity index is 2.02. The Morgan fingerprint density at radius 1 is 0.968 bits per heavy atom. The second kappa shape index (κ2) is 9.49. The maximum atomic E-state index is 13.4. The molecule has 3 aromatic carbocycles. The van der Waals surface area contributed by atoms with Crippen molar-refractivity contribution in [3.8, 4) is 0 Å². The van der Waals surface area contributed by atoms with Gasteiger partial charge in [-0.2, -0.15) is 0 Å². The van der Waals surface area contributed by atoms with Crippen molar-refractivity contribution in [3.05, 3.63) is 86.9 Å². The predicted octanol–water partition coefficient (Wildman–Crippen LogP) is 6.10. The number of halogens is 3. The Morgan fingerprint density at radius 2 is 1.65 bits per heavy atom. The van der Waals surface area contributed by atoms with E-state index in [0.29, 0.717) is 10.7 Å². The summed E-state index contributed by atoms with van der Waals surface area (Å²) in [6.45, 7) is 3.14. The zero-order chi connectivity index (χ0) is 22.8. The number of benzene rings is 3. The number of amides is 1. The molecule has 0 atom stereocenters. The van der Waals surface area contributed by atoms with Crippen LogP contribution in [0.2, 0.25) is 15.1 Å². The molecule has 0 spiro atoms. The van der Waals surface area contributed by atoms with E-state index in [1.807, 2.05) is 6.92 Å². The van der Waals surface area contributed by atoms with Crippen molar-refractivity contribution in [1.82, 2.24) is 0 Å². The molecule has 0 bridgehead atoms. The third-order valence-electron chi connectivity index (χ3n) is 4.57. The van der Waals surface area contributed by atoms with Crippen molar-refractivity contribution in [3.63, 3.8) is 0 Å². The monoisotopic (exact) mass is 496 g/mol. The first-order valence-corrected chi connectivity index (χ1v) is 11.8. The molecular formula is C22H19Cl3N2O3S. The van der Waals surface area contributed by atoms with Gasteiger partial charge in [-0.3, -0.25) is 9.10 Å². The van der Waals surface area contributed by atoms with Gasteiger partial charge in [0.25, 0.3) is 10.0 Å². The first-order chi connectivity index (χ1) is 14.6. The Hall–Kier alpha value is -2.25. The standard InChI is InChI=1S/C22H19Cl3N2O3S/c1-14-6-10-17(11-7-14)31(29,30)27(20-5-3-4-18(24)22(20)25)13-21(28)26-19-12-16(23)9-8-15(19)2/h3-12H,13H2,1-2H3,(H,26,28). The van der Waals surface area contributed by atoms with Crippen LogP contribution in [0.15, 0.2) is 65.6 Å². The van der Waals surface area contributed by atoms with E-state index in [0.717, 1.165) is 15.4 Å². The average Bonchev–Trinajstić information content (AvgIpc) is 2.71. The second-order valence-electron chi connectivity index (χ2n) is 6.91. The molecule has 0 fully saturated rings. The molecule has 0 aliphatic carbocycles. The maximum absolute atomic E-state index is 13.4. The number of hydrogen-bond acceptors (Lipinski definition) is 3. The van der Waals surface area contributed by atoms with Crippen LogP contribution in [-0.2, 0) is 14.8 Å². The number of rotatable bonds is 6. The van der Waals surface area contributed by atoms with Gasteiger partial charge in [0, 0.05) is 10.7 Å². The van der Waals surface area contributed by atoms with Crippen molar-refractivity contribution >= 4 is 62.1 Å². The van der Waals surface area contributed by atoms with Crippen molar-refractivity contribution in [2.45, 2.75) is 18.7 Å². The minimum absolute atomic E-state index is 0.0286. The fourth-order valence-electron chi connectivity index (χ4n) is 2.87. The van der Waals surface area contributed by atoms with Gasteiger partial charge >= 0.3 is 0 Å². The fourth-order valence-corrected chi connectivity index (χ4v) is 4.92. The number of nitrogens with one attached hydrogen (secondary N) is 1. The smallest absolute Gasteiger partial charge is 0.264 e. The van der Waals surface area contributed by atoms with Crippen molar-refractivity contribution in [2.75, 3.05) is 16.2 Å². The minimum atomic E-state index is -4.11. The highest BCUT2D eigenvalue weighted by molar-refractivity contribution is 7.92. The van der Waals surface area contributed by atoms with Gasteiger partial charge in [-0.15, -0.1) is 0 Å². The maximum Gasteiger partial charge on any atom is 0.264 e. The van der Waals surface area contributed by atoms with E-state index in [1.54, 1.807) is 49.4 Å². The van der Waals surface area contributed by atoms with E-state index < -0.39 is 22.5 Å². The van der Waals surface area contributed by atoms with Crippen LogP contribution < -0.4 is 9.62 Å². The lowest BCUT2D eigenvalue weighted by atomic mass is 10.2. The van der Waals surface area contributed by atoms with Gasteiger partial charge in [0.15, 0.2) is 0 Å². The van der Waals surface area contributed by atoms with Crippen LogP contribution in [0.1, 0.15) is 11.1 Å². The largest absolute Gasteiger partial charge is 0.324 e.